The van der Waals surface area contributed by atoms with E-state index in [0.29, 0.717) is 4.57 Å². The van der Waals surface area contributed by atoms with Gasteiger partial charge < -0.3 is 24.0 Å². The first-order valence-corrected chi connectivity index (χ1v) is 19.3. The van der Waals surface area contributed by atoms with Gasteiger partial charge in [0.2, 0.25) is 12.1 Å². The zero-order valence-electron chi connectivity index (χ0n) is 26.0. The van der Waals surface area contributed by atoms with Crippen molar-refractivity contribution in [3.05, 3.63) is 22.7 Å². The number of carbonyl (C=O) groups excluding carboxylic acids is 1. The van der Waals surface area contributed by atoms with Crippen LogP contribution in [0.5, 0.6) is 0 Å². The van der Waals surface area contributed by atoms with Crippen LogP contribution in [0.15, 0.2) is 17.1 Å². The quantitative estimate of drug-likeness (QED) is 0.350. The zero-order valence-corrected chi connectivity index (χ0v) is 28.0. The van der Waals surface area contributed by atoms with Gasteiger partial charge in [0.1, 0.15) is 18.0 Å². The summed E-state index contributed by atoms with van der Waals surface area (Å²) in [6.07, 6.45) is -3.72. The number of carboxylic acids is 1. The third-order valence-corrected chi connectivity index (χ3v) is 17.1. The van der Waals surface area contributed by atoms with E-state index >= 15 is 8.78 Å². The molecule has 2 rings (SSSR count). The fraction of sp³-hybridized carbons (Fsp3) is 0.769. The van der Waals surface area contributed by atoms with Crippen LogP contribution in [-0.4, -0.2) is 92.9 Å². The van der Waals surface area contributed by atoms with Crippen LogP contribution in [0.25, 0.3) is 0 Å². The fourth-order valence-electron chi connectivity index (χ4n) is 3.62. The van der Waals surface area contributed by atoms with Gasteiger partial charge in [0.25, 0.3) is 0 Å². The third-order valence-electron chi connectivity index (χ3n) is 8.16. The number of halogens is 2. The molecule has 0 radical (unpaired) electrons. The first-order chi connectivity index (χ1) is 18.4. The lowest BCUT2D eigenvalue weighted by molar-refractivity contribution is -0.138. The van der Waals surface area contributed by atoms with E-state index in [1.807, 2.05) is 67.7 Å². The largest absolute Gasteiger partial charge is 0.480 e. The Bertz CT molecular complexity index is 1170. The maximum absolute atomic E-state index is 16.1. The molecular weight excluding hydrogens is 574 g/mol. The van der Waals surface area contributed by atoms with E-state index in [0.717, 1.165) is 6.20 Å². The summed E-state index contributed by atoms with van der Waals surface area (Å²) in [5.41, 5.74) is -1.05. The van der Waals surface area contributed by atoms with Crippen LogP contribution in [0.1, 0.15) is 47.8 Å². The van der Waals surface area contributed by atoms with E-state index in [2.05, 4.69) is 10.3 Å². The van der Waals surface area contributed by atoms with Crippen LogP contribution in [0.2, 0.25) is 36.3 Å². The molecule has 1 aliphatic heterocycles. The van der Waals surface area contributed by atoms with Crippen molar-refractivity contribution in [1.82, 2.24) is 14.5 Å². The number of alkyl halides is 2. The van der Waals surface area contributed by atoms with E-state index in [1.54, 1.807) is 0 Å². The maximum atomic E-state index is 16.1. The monoisotopic (exact) mass is 620 g/mol. The van der Waals surface area contributed by atoms with Gasteiger partial charge in [-0.05, 0) is 49.4 Å². The van der Waals surface area contributed by atoms with Gasteiger partial charge >= 0.3 is 17.6 Å². The molecule has 1 amide bonds. The average molecular weight is 621 g/mol. The molecule has 0 bridgehead atoms. The minimum absolute atomic E-state index is 0.123. The second-order valence-electron chi connectivity index (χ2n) is 13.7. The molecule has 41 heavy (non-hydrogen) atoms. The number of rotatable bonds is 11. The van der Waals surface area contributed by atoms with Gasteiger partial charge in [-0.15, -0.1) is 0 Å². The number of aromatic nitrogens is 2. The van der Waals surface area contributed by atoms with Crippen molar-refractivity contribution >= 4 is 34.3 Å². The zero-order chi connectivity index (χ0) is 31.8. The fourth-order valence-corrected chi connectivity index (χ4v) is 5.94. The summed E-state index contributed by atoms with van der Waals surface area (Å²) in [6.45, 7) is 19.0. The molecule has 1 aliphatic rings. The number of amides is 1. The Kier molecular flexibility index (Phi) is 10.5. The van der Waals surface area contributed by atoms with Gasteiger partial charge in [-0.1, -0.05) is 41.5 Å². The van der Waals surface area contributed by atoms with Crippen molar-refractivity contribution in [2.24, 2.45) is 0 Å². The highest BCUT2D eigenvalue weighted by Gasteiger charge is 2.63. The molecule has 0 aliphatic carbocycles. The third kappa shape index (κ3) is 8.50. The van der Waals surface area contributed by atoms with Crippen molar-refractivity contribution in [1.29, 1.82) is 0 Å². The van der Waals surface area contributed by atoms with E-state index in [4.69, 9.17) is 18.7 Å². The molecule has 2 heterocycles. The topological polar surface area (TPSA) is 132 Å². The minimum atomic E-state index is -3.60. The van der Waals surface area contributed by atoms with Gasteiger partial charge in [-0.2, -0.15) is 13.8 Å². The summed E-state index contributed by atoms with van der Waals surface area (Å²) >= 11 is 0. The normalized spacial score (nSPS) is 21.8. The number of anilines is 1. The Balaban J connectivity index is 2.37. The summed E-state index contributed by atoms with van der Waals surface area (Å²) in [4.78, 5) is 40.9. The summed E-state index contributed by atoms with van der Waals surface area (Å²) in [5, 5.41) is 10.7. The molecule has 1 aromatic rings. The number of nitrogens with zero attached hydrogens (tertiary/aromatic N) is 3. The second kappa shape index (κ2) is 12.3. The van der Waals surface area contributed by atoms with Crippen LogP contribution in [0.3, 0.4) is 0 Å². The molecule has 11 nitrogen and oxygen atoms in total. The molecule has 0 saturated carbocycles. The lowest BCUT2D eigenvalue weighted by Crippen LogP contribution is -2.53. The van der Waals surface area contributed by atoms with Crippen LogP contribution < -0.4 is 11.0 Å². The molecule has 1 unspecified atom stereocenters. The number of hydrogen-bond acceptors (Lipinski definition) is 8. The Morgan fingerprint density at radius 3 is 2.17 bits per heavy atom. The van der Waals surface area contributed by atoms with Gasteiger partial charge in [0.15, 0.2) is 16.6 Å². The van der Waals surface area contributed by atoms with Gasteiger partial charge in [-0.25, -0.2) is 4.79 Å². The first-order valence-electron chi connectivity index (χ1n) is 13.5. The summed E-state index contributed by atoms with van der Waals surface area (Å²) in [7, 11) is -3.59. The van der Waals surface area contributed by atoms with Gasteiger partial charge in [0.05, 0.1) is 19.7 Å². The van der Waals surface area contributed by atoms with E-state index < -0.39 is 58.6 Å². The van der Waals surface area contributed by atoms with Crippen LogP contribution in [-0.2, 0) is 23.2 Å². The van der Waals surface area contributed by atoms with E-state index in [1.165, 1.54) is 18.0 Å². The smallest absolute Gasteiger partial charge is 0.351 e. The SMILES string of the molecule is CN(CC(=O)O)CC(=O)Nc1ccn([C@@H]2O[C@H](CO[Si](C)(C)C(C)(C)C)C(O[Si](C)(C)C(C)(C)C)C2(F)F)c(=O)n1. The van der Waals surface area contributed by atoms with Crippen molar-refractivity contribution in [2.75, 3.05) is 32.1 Å². The van der Waals surface area contributed by atoms with Crippen LogP contribution in [0.4, 0.5) is 14.6 Å². The van der Waals surface area contributed by atoms with Crippen LogP contribution >= 0.6 is 0 Å². The number of ether oxygens (including phenoxy) is 1. The van der Waals surface area contributed by atoms with E-state index in [9.17, 15) is 14.4 Å². The number of likely N-dealkylation sites (N-methyl/N-ethyl adjacent to an activating group) is 1. The Hall–Kier alpha value is -2.05. The molecule has 2 N–H and O–H groups in total. The molecule has 1 fully saturated rings. The maximum Gasteiger partial charge on any atom is 0.351 e. The highest BCUT2D eigenvalue weighted by Crippen LogP contribution is 2.48. The van der Waals surface area contributed by atoms with Crippen molar-refractivity contribution in [3.63, 3.8) is 0 Å². The predicted molar refractivity (Wildman–Crippen MR) is 156 cm³/mol. The predicted octanol–water partition coefficient (Wildman–Crippen LogP) is 4.14. The molecule has 1 saturated heterocycles. The highest BCUT2D eigenvalue weighted by atomic mass is 28.4. The number of carboxylic acid groups (broad SMARTS) is 1. The Morgan fingerprint density at radius 1 is 1.12 bits per heavy atom. The molecule has 1 aromatic heterocycles. The van der Waals surface area contributed by atoms with Gasteiger partial charge in [0, 0.05) is 6.20 Å². The van der Waals surface area contributed by atoms with Gasteiger partial charge in [-0.3, -0.25) is 19.1 Å². The van der Waals surface area contributed by atoms with Crippen molar-refractivity contribution < 1.29 is 37.1 Å². The lowest BCUT2D eigenvalue weighted by Gasteiger charge is -2.41. The number of carbonyl (C=O) groups is 2. The van der Waals surface area contributed by atoms with Crippen molar-refractivity contribution in [2.45, 2.75) is 102 Å². The summed E-state index contributed by atoms with van der Waals surface area (Å²) in [5.74, 6) is -5.49. The van der Waals surface area contributed by atoms with E-state index in [-0.39, 0.29) is 35.6 Å². The van der Waals surface area contributed by atoms with Crippen molar-refractivity contribution in [3.8, 4) is 0 Å². The highest BCUT2D eigenvalue weighted by molar-refractivity contribution is 6.74. The first kappa shape index (κ1) is 35.2. The lowest BCUT2D eigenvalue weighted by atomic mass is 10.1. The minimum Gasteiger partial charge on any atom is -0.480 e. The Labute approximate surface area is 242 Å². The number of nitrogens with one attached hydrogen (secondary N) is 1. The standard InChI is InChI=1S/C26H46F2N4O7Si2/c1-24(2,3)40(8,9)37-16-17-21(39-41(10,11)25(4,5)6)26(27,28)22(38-17)32-13-12-18(30-23(32)36)29-19(33)14-31(7)15-20(34)35/h12-13,17,21-22H,14-16H2,1-11H3,(H,34,35)(H,29,30,33,36)/t17-,21?,22-/m1/s1. The summed E-state index contributed by atoms with van der Waals surface area (Å²) < 4.78 is 51.3. The molecule has 0 aromatic carbocycles. The Morgan fingerprint density at radius 2 is 1.68 bits per heavy atom. The number of aliphatic carboxylic acids is 1. The molecule has 0 spiro atoms. The number of hydrogen-bond donors (Lipinski definition) is 2. The van der Waals surface area contributed by atoms with Crippen LogP contribution in [0, 0.1) is 0 Å². The molecule has 15 heteroatoms. The molecular formula is C26H46F2N4O7Si2. The average Bonchev–Trinajstić information content (AvgIpc) is 2.99. The second-order valence-corrected chi connectivity index (χ2v) is 23.3. The summed E-state index contributed by atoms with van der Waals surface area (Å²) in [6, 6.07) is 1.21. The molecule has 3 atom stereocenters. The molecule has 234 valence electrons.